The molecule has 1 rings (SSSR count). The van der Waals surface area contributed by atoms with Crippen molar-refractivity contribution >= 4 is 0 Å². The Balaban J connectivity index is 2.91. The third kappa shape index (κ3) is 3.64. The van der Waals surface area contributed by atoms with Gasteiger partial charge in [0.05, 0.1) is 0 Å². The van der Waals surface area contributed by atoms with Crippen LogP contribution in [0.5, 0.6) is 0 Å². The molecule has 1 aromatic carbocycles. The highest BCUT2D eigenvalue weighted by Crippen LogP contribution is 2.24. The number of hydrogen-bond donors (Lipinski definition) is 1. The van der Waals surface area contributed by atoms with Crippen LogP contribution in [0.3, 0.4) is 0 Å². The van der Waals surface area contributed by atoms with Crippen LogP contribution in [0.2, 0.25) is 0 Å². The summed E-state index contributed by atoms with van der Waals surface area (Å²) < 4.78 is 0. The zero-order valence-electron chi connectivity index (χ0n) is 11.5. The lowest BCUT2D eigenvalue weighted by Gasteiger charge is -2.21. The standard InChI is InChI=1S/C15H25N/c1-11(2)16-10-13-9-14(15(4,5)6)8-7-12(13)3/h7-9,11,16H,10H2,1-6H3. The van der Waals surface area contributed by atoms with E-state index in [0.717, 1.165) is 6.54 Å². The van der Waals surface area contributed by atoms with E-state index in [4.69, 9.17) is 0 Å². The van der Waals surface area contributed by atoms with Gasteiger partial charge in [-0.05, 0) is 29.0 Å². The Labute approximate surface area is 100 Å². The Morgan fingerprint density at radius 2 is 1.81 bits per heavy atom. The largest absolute Gasteiger partial charge is 0.310 e. The van der Waals surface area contributed by atoms with Gasteiger partial charge in [0.2, 0.25) is 0 Å². The van der Waals surface area contributed by atoms with E-state index in [1.54, 1.807) is 0 Å². The lowest BCUT2D eigenvalue weighted by molar-refractivity contribution is 0.575. The monoisotopic (exact) mass is 219 g/mol. The quantitative estimate of drug-likeness (QED) is 0.815. The molecular weight excluding hydrogens is 194 g/mol. The van der Waals surface area contributed by atoms with Gasteiger partial charge in [-0.15, -0.1) is 0 Å². The molecule has 0 amide bonds. The van der Waals surface area contributed by atoms with E-state index in [1.165, 1.54) is 16.7 Å². The minimum atomic E-state index is 0.236. The molecule has 0 saturated heterocycles. The van der Waals surface area contributed by atoms with Crippen LogP contribution in [0.15, 0.2) is 18.2 Å². The van der Waals surface area contributed by atoms with Crippen molar-refractivity contribution in [2.24, 2.45) is 0 Å². The van der Waals surface area contributed by atoms with Gasteiger partial charge in [-0.25, -0.2) is 0 Å². The molecule has 16 heavy (non-hydrogen) atoms. The zero-order chi connectivity index (χ0) is 12.3. The number of nitrogens with one attached hydrogen (secondary N) is 1. The first-order chi connectivity index (χ1) is 7.30. The summed E-state index contributed by atoms with van der Waals surface area (Å²) in [7, 11) is 0. The van der Waals surface area contributed by atoms with Crippen molar-refractivity contribution in [2.75, 3.05) is 0 Å². The van der Waals surface area contributed by atoms with Gasteiger partial charge in [0.1, 0.15) is 0 Å². The molecule has 0 atom stereocenters. The predicted molar refractivity (Wildman–Crippen MR) is 71.9 cm³/mol. The number of aryl methyl sites for hydroxylation is 1. The van der Waals surface area contributed by atoms with Crippen molar-refractivity contribution in [2.45, 2.75) is 59.5 Å². The van der Waals surface area contributed by atoms with Crippen LogP contribution in [-0.4, -0.2) is 6.04 Å². The molecule has 1 N–H and O–H groups in total. The summed E-state index contributed by atoms with van der Waals surface area (Å²) in [6.07, 6.45) is 0. The van der Waals surface area contributed by atoms with Gasteiger partial charge in [0, 0.05) is 12.6 Å². The molecule has 0 fully saturated rings. The summed E-state index contributed by atoms with van der Waals surface area (Å²) in [4.78, 5) is 0. The third-order valence-electron chi connectivity index (χ3n) is 2.92. The summed E-state index contributed by atoms with van der Waals surface area (Å²) in [5.41, 5.74) is 4.45. The Bertz CT molecular complexity index is 345. The third-order valence-corrected chi connectivity index (χ3v) is 2.92. The van der Waals surface area contributed by atoms with E-state index < -0.39 is 0 Å². The first kappa shape index (κ1) is 13.2. The lowest BCUT2D eigenvalue weighted by atomic mass is 9.85. The summed E-state index contributed by atoms with van der Waals surface area (Å²) in [5.74, 6) is 0. The summed E-state index contributed by atoms with van der Waals surface area (Å²) in [6, 6.07) is 7.36. The highest BCUT2D eigenvalue weighted by molar-refractivity contribution is 5.34. The average molecular weight is 219 g/mol. The van der Waals surface area contributed by atoms with Crippen LogP contribution in [0, 0.1) is 6.92 Å². The minimum Gasteiger partial charge on any atom is -0.310 e. The first-order valence-corrected chi connectivity index (χ1v) is 6.14. The van der Waals surface area contributed by atoms with Gasteiger partial charge in [-0.2, -0.15) is 0 Å². The highest BCUT2D eigenvalue weighted by Gasteiger charge is 2.14. The normalized spacial score (nSPS) is 12.2. The Morgan fingerprint density at radius 1 is 1.19 bits per heavy atom. The van der Waals surface area contributed by atoms with Gasteiger partial charge in [-0.1, -0.05) is 52.8 Å². The van der Waals surface area contributed by atoms with Crippen LogP contribution in [0.4, 0.5) is 0 Å². The van der Waals surface area contributed by atoms with Gasteiger partial charge in [0.15, 0.2) is 0 Å². The van der Waals surface area contributed by atoms with E-state index in [0.29, 0.717) is 6.04 Å². The van der Waals surface area contributed by atoms with Crippen molar-refractivity contribution in [1.82, 2.24) is 5.32 Å². The van der Waals surface area contributed by atoms with Gasteiger partial charge >= 0.3 is 0 Å². The molecule has 0 bridgehead atoms. The fourth-order valence-electron chi connectivity index (χ4n) is 1.64. The number of hydrogen-bond acceptors (Lipinski definition) is 1. The summed E-state index contributed by atoms with van der Waals surface area (Å²) in [5, 5.41) is 3.48. The second-order valence-corrected chi connectivity index (χ2v) is 5.93. The maximum absolute atomic E-state index is 3.48. The Kier molecular flexibility index (Phi) is 4.15. The SMILES string of the molecule is Cc1ccc(C(C)(C)C)cc1CNC(C)C. The summed E-state index contributed by atoms with van der Waals surface area (Å²) >= 11 is 0. The van der Waals surface area contributed by atoms with Crippen molar-refractivity contribution in [3.8, 4) is 0 Å². The van der Waals surface area contributed by atoms with Crippen LogP contribution in [-0.2, 0) is 12.0 Å². The molecular formula is C15H25N. The Hall–Kier alpha value is -0.820. The van der Waals surface area contributed by atoms with E-state index in [9.17, 15) is 0 Å². The molecule has 0 unspecified atom stereocenters. The predicted octanol–water partition coefficient (Wildman–Crippen LogP) is 3.79. The van der Waals surface area contributed by atoms with Gasteiger partial charge < -0.3 is 5.32 Å². The molecule has 0 aliphatic rings. The fraction of sp³-hybridized carbons (Fsp3) is 0.600. The smallest absolute Gasteiger partial charge is 0.0210 e. The number of rotatable bonds is 3. The molecule has 0 saturated carbocycles. The zero-order valence-corrected chi connectivity index (χ0v) is 11.5. The molecule has 1 heteroatoms. The lowest BCUT2D eigenvalue weighted by Crippen LogP contribution is -2.22. The second kappa shape index (κ2) is 5.01. The molecule has 0 aliphatic carbocycles. The van der Waals surface area contributed by atoms with E-state index in [2.05, 4.69) is 65.1 Å². The molecule has 0 heterocycles. The molecule has 0 aliphatic heterocycles. The summed E-state index contributed by atoms with van der Waals surface area (Å²) in [6.45, 7) is 14.3. The van der Waals surface area contributed by atoms with Gasteiger partial charge in [0.25, 0.3) is 0 Å². The van der Waals surface area contributed by atoms with Crippen molar-refractivity contribution in [3.05, 3.63) is 34.9 Å². The molecule has 1 nitrogen and oxygen atoms in total. The van der Waals surface area contributed by atoms with Crippen LogP contribution in [0.1, 0.15) is 51.3 Å². The van der Waals surface area contributed by atoms with E-state index in [1.807, 2.05) is 0 Å². The second-order valence-electron chi connectivity index (χ2n) is 5.93. The Morgan fingerprint density at radius 3 is 2.31 bits per heavy atom. The van der Waals surface area contributed by atoms with Crippen LogP contribution >= 0.6 is 0 Å². The molecule has 1 aromatic rings. The van der Waals surface area contributed by atoms with E-state index >= 15 is 0 Å². The van der Waals surface area contributed by atoms with Gasteiger partial charge in [-0.3, -0.25) is 0 Å². The molecule has 0 aromatic heterocycles. The highest BCUT2D eigenvalue weighted by atomic mass is 14.9. The minimum absolute atomic E-state index is 0.236. The van der Waals surface area contributed by atoms with E-state index in [-0.39, 0.29) is 5.41 Å². The average Bonchev–Trinajstić information content (AvgIpc) is 2.14. The molecule has 0 spiro atoms. The first-order valence-electron chi connectivity index (χ1n) is 6.14. The molecule has 90 valence electrons. The van der Waals surface area contributed by atoms with Crippen molar-refractivity contribution in [1.29, 1.82) is 0 Å². The topological polar surface area (TPSA) is 12.0 Å². The van der Waals surface area contributed by atoms with Crippen LogP contribution < -0.4 is 5.32 Å². The maximum Gasteiger partial charge on any atom is 0.0210 e. The molecule has 0 radical (unpaired) electrons. The van der Waals surface area contributed by atoms with Crippen molar-refractivity contribution < 1.29 is 0 Å². The van der Waals surface area contributed by atoms with Crippen LogP contribution in [0.25, 0.3) is 0 Å². The van der Waals surface area contributed by atoms with Crippen molar-refractivity contribution in [3.63, 3.8) is 0 Å². The fourth-order valence-corrected chi connectivity index (χ4v) is 1.64. The number of benzene rings is 1. The maximum atomic E-state index is 3.48.